The maximum Gasteiger partial charge on any atom is 0.173 e. The minimum atomic E-state index is -0.440. The molecule has 1 saturated carbocycles. The summed E-state index contributed by atoms with van der Waals surface area (Å²) < 4.78 is 29.6. The Morgan fingerprint density at radius 2 is 2.16 bits per heavy atom. The number of halogens is 1. The quantitative estimate of drug-likeness (QED) is 0.919. The van der Waals surface area contributed by atoms with Crippen molar-refractivity contribution in [2.45, 2.75) is 18.9 Å². The number of anilines is 1. The first-order valence-electron chi connectivity index (χ1n) is 5.94. The Hall–Kier alpha value is -2.24. The van der Waals surface area contributed by atoms with Gasteiger partial charge in [-0.15, -0.1) is 0 Å². The summed E-state index contributed by atoms with van der Waals surface area (Å²) in [7, 11) is 1.47. The molecule has 0 aliphatic heterocycles. The van der Waals surface area contributed by atoms with E-state index in [1.54, 1.807) is 0 Å². The molecule has 19 heavy (non-hydrogen) atoms. The maximum absolute atomic E-state index is 13.6. The summed E-state index contributed by atoms with van der Waals surface area (Å²) in [5.74, 6) is 0.936. The fraction of sp³-hybridized carbons (Fsp3) is 0.308. The number of benzene rings is 1. The first kappa shape index (κ1) is 11.8. The average molecular weight is 264 g/mol. The number of nitrogen functional groups attached to an aromatic ring is 1. The van der Waals surface area contributed by atoms with Crippen molar-refractivity contribution in [3.63, 3.8) is 0 Å². The Kier molecular flexibility index (Phi) is 2.77. The number of aromatic nitrogens is 1. The zero-order valence-corrected chi connectivity index (χ0v) is 10.4. The molecular formula is C13H13FN2O3. The third-order valence-corrected chi connectivity index (χ3v) is 2.84. The van der Waals surface area contributed by atoms with Crippen molar-refractivity contribution >= 4 is 5.82 Å². The molecule has 0 unspecified atom stereocenters. The smallest absolute Gasteiger partial charge is 0.173 e. The van der Waals surface area contributed by atoms with Crippen molar-refractivity contribution in [2.75, 3.05) is 12.8 Å². The topological polar surface area (TPSA) is 70.5 Å². The van der Waals surface area contributed by atoms with Gasteiger partial charge in [0.15, 0.2) is 23.1 Å². The van der Waals surface area contributed by atoms with E-state index in [0.717, 1.165) is 12.8 Å². The minimum absolute atomic E-state index is 0.151. The van der Waals surface area contributed by atoms with Crippen molar-refractivity contribution in [2.24, 2.45) is 0 Å². The monoisotopic (exact) mass is 264 g/mol. The Labute approximate surface area is 109 Å². The molecule has 1 fully saturated rings. The number of nitrogens with two attached hydrogens (primary N) is 1. The lowest BCUT2D eigenvalue weighted by Crippen LogP contribution is -2.01. The van der Waals surface area contributed by atoms with E-state index in [9.17, 15) is 4.39 Å². The van der Waals surface area contributed by atoms with Crippen LogP contribution >= 0.6 is 0 Å². The van der Waals surface area contributed by atoms with Crippen LogP contribution in [-0.4, -0.2) is 18.4 Å². The van der Waals surface area contributed by atoms with Crippen molar-refractivity contribution in [1.29, 1.82) is 0 Å². The summed E-state index contributed by atoms with van der Waals surface area (Å²) in [6.45, 7) is 0. The number of nitrogens with zero attached hydrogens (tertiary/aromatic N) is 1. The van der Waals surface area contributed by atoms with Gasteiger partial charge in [-0.05, 0) is 18.9 Å². The zero-order chi connectivity index (χ0) is 13.4. The Bertz CT molecular complexity index is 608. The predicted octanol–water partition coefficient (Wildman–Crippen LogP) is 2.61. The average Bonchev–Trinajstić information content (AvgIpc) is 3.11. The minimum Gasteiger partial charge on any atom is -0.493 e. The van der Waals surface area contributed by atoms with Crippen LogP contribution in [0.1, 0.15) is 12.8 Å². The second-order valence-corrected chi connectivity index (χ2v) is 4.42. The van der Waals surface area contributed by atoms with Crippen molar-refractivity contribution in [1.82, 2.24) is 5.16 Å². The first-order chi connectivity index (χ1) is 9.17. The van der Waals surface area contributed by atoms with E-state index in [0.29, 0.717) is 22.8 Å². The van der Waals surface area contributed by atoms with Crippen LogP contribution in [0.2, 0.25) is 0 Å². The summed E-state index contributed by atoms with van der Waals surface area (Å²) in [6.07, 6.45) is 2.12. The van der Waals surface area contributed by atoms with Crippen LogP contribution in [0.5, 0.6) is 11.5 Å². The molecule has 0 amide bonds. The highest BCUT2D eigenvalue weighted by molar-refractivity contribution is 5.71. The molecule has 1 aromatic carbocycles. The third kappa shape index (κ3) is 2.33. The molecular weight excluding hydrogens is 251 g/mol. The lowest BCUT2D eigenvalue weighted by molar-refractivity contribution is 0.281. The highest BCUT2D eigenvalue weighted by Crippen LogP contribution is 2.42. The van der Waals surface area contributed by atoms with Gasteiger partial charge >= 0.3 is 0 Å². The molecule has 0 bridgehead atoms. The molecule has 100 valence electrons. The Morgan fingerprint density at radius 1 is 1.37 bits per heavy atom. The Balaban J connectivity index is 2.11. The third-order valence-electron chi connectivity index (χ3n) is 2.84. The molecule has 0 spiro atoms. The van der Waals surface area contributed by atoms with Crippen LogP contribution in [0.4, 0.5) is 10.2 Å². The molecule has 1 aromatic heterocycles. The van der Waals surface area contributed by atoms with E-state index in [-0.39, 0.29) is 11.9 Å². The van der Waals surface area contributed by atoms with Gasteiger partial charge in [-0.2, -0.15) is 0 Å². The summed E-state index contributed by atoms with van der Waals surface area (Å²) in [5.41, 5.74) is 5.97. The Morgan fingerprint density at radius 3 is 2.74 bits per heavy atom. The lowest BCUT2D eigenvalue weighted by Gasteiger charge is -2.13. The van der Waals surface area contributed by atoms with E-state index in [2.05, 4.69) is 5.16 Å². The second kappa shape index (κ2) is 4.46. The molecule has 3 rings (SSSR count). The van der Waals surface area contributed by atoms with Crippen LogP contribution in [0, 0.1) is 5.82 Å². The molecule has 1 aliphatic rings. The lowest BCUT2D eigenvalue weighted by atomic mass is 10.1. The molecule has 1 heterocycles. The zero-order valence-electron chi connectivity index (χ0n) is 10.4. The van der Waals surface area contributed by atoms with Gasteiger partial charge in [0, 0.05) is 12.1 Å². The van der Waals surface area contributed by atoms with E-state index >= 15 is 0 Å². The molecule has 0 radical (unpaired) electrons. The molecule has 0 atom stereocenters. The normalized spacial score (nSPS) is 14.4. The van der Waals surface area contributed by atoms with Gasteiger partial charge < -0.3 is 19.7 Å². The number of methoxy groups -OCH3 is 1. The van der Waals surface area contributed by atoms with Gasteiger partial charge in [-0.25, -0.2) is 4.39 Å². The van der Waals surface area contributed by atoms with Crippen LogP contribution in [0.25, 0.3) is 11.3 Å². The summed E-state index contributed by atoms with van der Waals surface area (Å²) in [4.78, 5) is 0. The van der Waals surface area contributed by atoms with Gasteiger partial charge in [0.1, 0.15) is 5.82 Å². The van der Waals surface area contributed by atoms with Gasteiger partial charge in [-0.3, -0.25) is 0 Å². The molecule has 2 aromatic rings. The predicted molar refractivity (Wildman–Crippen MR) is 66.5 cm³/mol. The number of hydrogen-bond acceptors (Lipinski definition) is 5. The highest BCUT2D eigenvalue weighted by atomic mass is 19.1. The van der Waals surface area contributed by atoms with E-state index in [4.69, 9.17) is 19.7 Å². The van der Waals surface area contributed by atoms with Gasteiger partial charge in [0.25, 0.3) is 0 Å². The standard InChI is InChI=1S/C13H13FN2O3/c1-17-11-5-7(14)4-9(10-6-12(15)16-19-10)13(11)18-8-2-3-8/h4-6,8H,2-3H2,1H3,(H2,15,16). The van der Waals surface area contributed by atoms with Crippen LogP contribution in [-0.2, 0) is 0 Å². The van der Waals surface area contributed by atoms with Gasteiger partial charge in [0.2, 0.25) is 0 Å². The number of ether oxygens (including phenoxy) is 2. The summed E-state index contributed by atoms with van der Waals surface area (Å²) >= 11 is 0. The largest absolute Gasteiger partial charge is 0.493 e. The van der Waals surface area contributed by atoms with Crippen molar-refractivity contribution in [3.05, 3.63) is 24.0 Å². The van der Waals surface area contributed by atoms with E-state index < -0.39 is 5.82 Å². The van der Waals surface area contributed by atoms with Crippen molar-refractivity contribution < 1.29 is 18.4 Å². The van der Waals surface area contributed by atoms with Gasteiger partial charge in [-0.1, -0.05) is 5.16 Å². The molecule has 5 nitrogen and oxygen atoms in total. The van der Waals surface area contributed by atoms with Crippen LogP contribution < -0.4 is 15.2 Å². The van der Waals surface area contributed by atoms with Crippen LogP contribution in [0.15, 0.2) is 22.7 Å². The van der Waals surface area contributed by atoms with E-state index in [1.807, 2.05) is 0 Å². The van der Waals surface area contributed by atoms with Crippen LogP contribution in [0.3, 0.4) is 0 Å². The maximum atomic E-state index is 13.6. The number of rotatable bonds is 4. The summed E-state index contributed by atoms with van der Waals surface area (Å²) in [6, 6.07) is 4.12. The van der Waals surface area contributed by atoms with E-state index in [1.165, 1.54) is 25.3 Å². The van der Waals surface area contributed by atoms with Gasteiger partial charge in [0.05, 0.1) is 18.8 Å². The first-order valence-corrected chi connectivity index (χ1v) is 5.94. The molecule has 2 N–H and O–H groups in total. The number of hydrogen-bond donors (Lipinski definition) is 1. The fourth-order valence-corrected chi connectivity index (χ4v) is 1.79. The second-order valence-electron chi connectivity index (χ2n) is 4.42. The fourth-order valence-electron chi connectivity index (χ4n) is 1.79. The molecule has 6 heteroatoms. The van der Waals surface area contributed by atoms with Crippen molar-refractivity contribution in [3.8, 4) is 22.8 Å². The summed E-state index contributed by atoms with van der Waals surface area (Å²) in [5, 5.41) is 3.60. The molecule has 1 aliphatic carbocycles. The highest BCUT2D eigenvalue weighted by Gasteiger charge is 2.28. The SMILES string of the molecule is COc1cc(F)cc(-c2cc(N)no2)c1OC1CC1. The molecule has 0 saturated heterocycles.